The predicted octanol–water partition coefficient (Wildman–Crippen LogP) is 0.514. The minimum atomic E-state index is -0.736. The van der Waals surface area contributed by atoms with Crippen LogP contribution >= 0.6 is 0 Å². The Bertz CT molecular complexity index is 819. The van der Waals surface area contributed by atoms with Crippen molar-refractivity contribution in [3.8, 4) is 0 Å². The fourth-order valence-electron chi connectivity index (χ4n) is 2.75. The van der Waals surface area contributed by atoms with Crippen molar-refractivity contribution < 1.29 is 9.72 Å². The number of rotatable bonds is 4. The normalized spacial score (nSPS) is 14.4. The van der Waals surface area contributed by atoms with Gasteiger partial charge in [0.15, 0.2) is 0 Å². The molecule has 1 aliphatic rings. The summed E-state index contributed by atoms with van der Waals surface area (Å²) in [5, 5.41) is 10.9. The molecule has 2 aromatic heterocycles. The van der Waals surface area contributed by atoms with Crippen molar-refractivity contribution in [1.82, 2.24) is 15.0 Å². The zero-order chi connectivity index (χ0) is 18.0. The van der Waals surface area contributed by atoms with Crippen LogP contribution < -0.4 is 15.5 Å². The van der Waals surface area contributed by atoms with Gasteiger partial charge in [0.25, 0.3) is 11.6 Å². The Labute approximate surface area is 143 Å². The number of aryl methyl sites for hydroxylation is 1. The summed E-state index contributed by atoms with van der Waals surface area (Å²) in [4.78, 5) is 38.5. The number of nitro groups is 1. The van der Waals surface area contributed by atoms with E-state index in [2.05, 4.69) is 19.9 Å². The molecule has 0 spiro atoms. The molecule has 1 aliphatic heterocycles. The highest BCUT2D eigenvalue weighted by Gasteiger charge is 2.24. The average Bonchev–Trinajstić information content (AvgIpc) is 2.61. The van der Waals surface area contributed by atoms with Crippen molar-refractivity contribution in [2.75, 3.05) is 36.0 Å². The molecule has 2 aromatic rings. The Morgan fingerprint density at radius 3 is 2.52 bits per heavy atom. The van der Waals surface area contributed by atoms with Gasteiger partial charge in [0.05, 0.1) is 10.5 Å². The molecular weight excluding hydrogens is 326 g/mol. The van der Waals surface area contributed by atoms with Gasteiger partial charge in [-0.05, 0) is 13.0 Å². The quantitative estimate of drug-likeness (QED) is 0.627. The summed E-state index contributed by atoms with van der Waals surface area (Å²) in [5.41, 5.74) is 5.17. The lowest BCUT2D eigenvalue weighted by Gasteiger charge is -2.36. The van der Waals surface area contributed by atoms with Gasteiger partial charge in [-0.1, -0.05) is 0 Å². The number of piperazine rings is 1. The average molecular weight is 343 g/mol. The minimum Gasteiger partial charge on any atom is -0.365 e. The van der Waals surface area contributed by atoms with E-state index in [1.54, 1.807) is 6.20 Å². The number of nitrogens with two attached hydrogens (primary N) is 1. The van der Waals surface area contributed by atoms with Crippen LogP contribution in [0.25, 0.3) is 0 Å². The van der Waals surface area contributed by atoms with Crippen molar-refractivity contribution >= 4 is 23.2 Å². The number of anilines is 2. The van der Waals surface area contributed by atoms with Crippen LogP contribution in [-0.4, -0.2) is 52.0 Å². The molecule has 130 valence electrons. The molecule has 10 nitrogen and oxygen atoms in total. The summed E-state index contributed by atoms with van der Waals surface area (Å²) >= 11 is 0. The van der Waals surface area contributed by atoms with Gasteiger partial charge in [-0.15, -0.1) is 0 Å². The first kappa shape index (κ1) is 16.6. The monoisotopic (exact) mass is 343 g/mol. The van der Waals surface area contributed by atoms with Crippen LogP contribution in [0.5, 0.6) is 0 Å². The van der Waals surface area contributed by atoms with Crippen LogP contribution in [0.4, 0.5) is 17.3 Å². The Kier molecular flexibility index (Phi) is 4.42. The zero-order valence-corrected chi connectivity index (χ0v) is 13.6. The predicted molar refractivity (Wildman–Crippen MR) is 90.6 cm³/mol. The van der Waals surface area contributed by atoms with E-state index in [9.17, 15) is 14.9 Å². The van der Waals surface area contributed by atoms with E-state index in [4.69, 9.17) is 5.73 Å². The first-order valence-corrected chi connectivity index (χ1v) is 7.69. The Hall–Kier alpha value is -3.30. The standard InChI is InChI=1S/C15H17N7O3/c1-10-17-3-2-13(19-10)20-4-6-21(7-5-20)15-12(14(16)23)8-11(9-18-15)22(24)25/h2-3,8-9H,4-7H2,1H3,(H2,16,23). The summed E-state index contributed by atoms with van der Waals surface area (Å²) in [6, 6.07) is 3.02. The van der Waals surface area contributed by atoms with Gasteiger partial charge in [-0.2, -0.15) is 0 Å². The number of nitrogens with zero attached hydrogens (tertiary/aromatic N) is 6. The molecule has 1 amide bonds. The molecule has 0 aromatic carbocycles. The molecule has 0 bridgehead atoms. The van der Waals surface area contributed by atoms with E-state index in [0.29, 0.717) is 37.8 Å². The first-order chi connectivity index (χ1) is 12.0. The molecule has 0 radical (unpaired) electrons. The molecule has 0 unspecified atom stereocenters. The second-order valence-electron chi connectivity index (χ2n) is 5.62. The van der Waals surface area contributed by atoms with E-state index in [0.717, 1.165) is 12.0 Å². The summed E-state index contributed by atoms with van der Waals surface area (Å²) in [6.45, 7) is 4.36. The number of amides is 1. The number of hydrogen-bond acceptors (Lipinski definition) is 8. The summed E-state index contributed by atoms with van der Waals surface area (Å²) in [7, 11) is 0. The van der Waals surface area contributed by atoms with Gasteiger partial charge in [-0.3, -0.25) is 14.9 Å². The number of carbonyl (C=O) groups is 1. The maximum atomic E-state index is 11.7. The molecule has 3 rings (SSSR count). The highest BCUT2D eigenvalue weighted by Crippen LogP contribution is 2.24. The molecule has 3 heterocycles. The number of carbonyl (C=O) groups excluding carboxylic acids is 1. The lowest BCUT2D eigenvalue weighted by atomic mass is 10.2. The maximum Gasteiger partial charge on any atom is 0.288 e. The summed E-state index contributed by atoms with van der Waals surface area (Å²) in [5.74, 6) is 1.18. The SMILES string of the molecule is Cc1nccc(N2CCN(c3ncc([N+](=O)[O-])cc3C(N)=O)CC2)n1. The number of primary amides is 1. The van der Waals surface area contributed by atoms with Crippen LogP contribution in [0.3, 0.4) is 0 Å². The van der Waals surface area contributed by atoms with Gasteiger partial charge in [0.2, 0.25) is 0 Å². The van der Waals surface area contributed by atoms with E-state index in [1.807, 2.05) is 17.9 Å². The van der Waals surface area contributed by atoms with E-state index < -0.39 is 10.8 Å². The molecule has 0 atom stereocenters. The molecule has 2 N–H and O–H groups in total. The molecule has 10 heteroatoms. The van der Waals surface area contributed by atoms with E-state index in [-0.39, 0.29) is 11.3 Å². The third-order valence-corrected chi connectivity index (χ3v) is 3.99. The molecule has 0 saturated carbocycles. The lowest BCUT2D eigenvalue weighted by molar-refractivity contribution is -0.385. The largest absolute Gasteiger partial charge is 0.365 e. The molecule has 25 heavy (non-hydrogen) atoms. The number of aromatic nitrogens is 3. The number of pyridine rings is 1. The van der Waals surface area contributed by atoms with E-state index in [1.165, 1.54) is 6.07 Å². The van der Waals surface area contributed by atoms with Gasteiger partial charge >= 0.3 is 0 Å². The van der Waals surface area contributed by atoms with Crippen LogP contribution in [0.15, 0.2) is 24.5 Å². The fraction of sp³-hybridized carbons (Fsp3) is 0.333. The maximum absolute atomic E-state index is 11.7. The lowest BCUT2D eigenvalue weighted by Crippen LogP contribution is -2.47. The molecular formula is C15H17N7O3. The third kappa shape index (κ3) is 3.47. The van der Waals surface area contributed by atoms with Crippen molar-refractivity contribution in [3.05, 3.63) is 46.0 Å². The third-order valence-electron chi connectivity index (χ3n) is 3.99. The van der Waals surface area contributed by atoms with Crippen LogP contribution in [0.1, 0.15) is 16.2 Å². The Morgan fingerprint density at radius 1 is 1.24 bits per heavy atom. The number of hydrogen-bond donors (Lipinski definition) is 1. The first-order valence-electron chi connectivity index (χ1n) is 7.69. The van der Waals surface area contributed by atoms with E-state index >= 15 is 0 Å². The van der Waals surface area contributed by atoms with Crippen molar-refractivity contribution in [1.29, 1.82) is 0 Å². The Morgan fingerprint density at radius 2 is 1.92 bits per heavy atom. The van der Waals surface area contributed by atoms with Crippen LogP contribution in [0.2, 0.25) is 0 Å². The highest BCUT2D eigenvalue weighted by atomic mass is 16.6. The topological polar surface area (TPSA) is 131 Å². The van der Waals surface area contributed by atoms with Gasteiger partial charge in [0, 0.05) is 38.4 Å². The fourth-order valence-corrected chi connectivity index (χ4v) is 2.75. The smallest absolute Gasteiger partial charge is 0.288 e. The van der Waals surface area contributed by atoms with Gasteiger partial charge < -0.3 is 15.5 Å². The second-order valence-corrected chi connectivity index (χ2v) is 5.62. The van der Waals surface area contributed by atoms with Crippen LogP contribution in [0, 0.1) is 17.0 Å². The van der Waals surface area contributed by atoms with Crippen molar-refractivity contribution in [2.45, 2.75) is 6.92 Å². The van der Waals surface area contributed by atoms with Gasteiger partial charge in [0.1, 0.15) is 23.7 Å². The molecule has 1 fully saturated rings. The van der Waals surface area contributed by atoms with Crippen LogP contribution in [-0.2, 0) is 0 Å². The Balaban J connectivity index is 1.78. The van der Waals surface area contributed by atoms with Crippen molar-refractivity contribution in [3.63, 3.8) is 0 Å². The molecule has 1 saturated heterocycles. The second kappa shape index (κ2) is 6.67. The van der Waals surface area contributed by atoms with Crippen molar-refractivity contribution in [2.24, 2.45) is 5.73 Å². The summed E-state index contributed by atoms with van der Waals surface area (Å²) < 4.78 is 0. The van der Waals surface area contributed by atoms with Gasteiger partial charge in [-0.25, -0.2) is 15.0 Å². The minimum absolute atomic E-state index is 0.0560. The highest BCUT2D eigenvalue weighted by molar-refractivity contribution is 5.98. The summed E-state index contributed by atoms with van der Waals surface area (Å²) in [6.07, 6.45) is 2.86. The molecule has 0 aliphatic carbocycles. The zero-order valence-electron chi connectivity index (χ0n) is 13.6.